The Labute approximate surface area is 161 Å². The molecule has 1 aliphatic rings. The fourth-order valence-electron chi connectivity index (χ4n) is 3.07. The van der Waals surface area contributed by atoms with Crippen LogP contribution in [0.1, 0.15) is 24.2 Å². The molecule has 0 N–H and O–H groups in total. The van der Waals surface area contributed by atoms with Crippen LogP contribution in [-0.2, 0) is 20.7 Å². The van der Waals surface area contributed by atoms with Gasteiger partial charge in [0.25, 0.3) is 0 Å². The molecule has 1 aliphatic heterocycles. The summed E-state index contributed by atoms with van der Waals surface area (Å²) in [6.45, 7) is 2.77. The van der Waals surface area contributed by atoms with E-state index in [9.17, 15) is 9.59 Å². The van der Waals surface area contributed by atoms with Crippen molar-refractivity contribution in [3.05, 3.63) is 58.3 Å². The average molecular weight is 417 g/mol. The highest BCUT2D eigenvalue weighted by molar-refractivity contribution is 9.10. The number of anilines is 1. The number of aryl methyl sites for hydroxylation is 2. The van der Waals surface area contributed by atoms with Crippen LogP contribution in [0.5, 0.6) is 0 Å². The lowest BCUT2D eigenvalue weighted by atomic mass is 10.1. The van der Waals surface area contributed by atoms with Gasteiger partial charge in [-0.1, -0.05) is 18.2 Å². The molecular weight excluding hydrogens is 396 g/mol. The van der Waals surface area contributed by atoms with E-state index in [1.54, 1.807) is 4.90 Å². The summed E-state index contributed by atoms with van der Waals surface area (Å²) in [6.07, 6.45) is 1.92. The molecule has 1 atom stereocenters. The maximum Gasteiger partial charge on any atom is 0.318 e. The van der Waals surface area contributed by atoms with Crippen molar-refractivity contribution < 1.29 is 14.3 Å². The Bertz CT molecular complexity index is 809. The Kier molecular flexibility index (Phi) is 6.04. The van der Waals surface area contributed by atoms with Crippen LogP contribution in [0.3, 0.4) is 0 Å². The highest BCUT2D eigenvalue weighted by Gasteiger charge is 2.39. The highest BCUT2D eigenvalue weighted by atomic mass is 79.9. The predicted molar refractivity (Wildman–Crippen MR) is 103 cm³/mol. The third-order valence-corrected chi connectivity index (χ3v) is 5.07. The van der Waals surface area contributed by atoms with E-state index in [1.165, 1.54) is 0 Å². The smallest absolute Gasteiger partial charge is 0.318 e. The molecule has 1 unspecified atom stereocenters. The molecule has 0 bridgehead atoms. The van der Waals surface area contributed by atoms with Crippen LogP contribution in [0.4, 0.5) is 5.69 Å². The number of esters is 1. The Balaban J connectivity index is 1.49. The van der Waals surface area contributed by atoms with Gasteiger partial charge in [0.05, 0.1) is 12.3 Å². The van der Waals surface area contributed by atoms with E-state index in [0.29, 0.717) is 26.0 Å². The number of ether oxygens (including phenoxy) is 1. The number of carbonyl (C=O) groups excluding carboxylic acids is 2. The van der Waals surface area contributed by atoms with Crippen molar-refractivity contribution in [1.82, 2.24) is 4.98 Å². The molecule has 1 saturated heterocycles. The second-order valence-corrected chi connectivity index (χ2v) is 7.18. The third kappa shape index (κ3) is 4.30. The van der Waals surface area contributed by atoms with Crippen LogP contribution in [0, 0.1) is 12.8 Å². The van der Waals surface area contributed by atoms with Gasteiger partial charge >= 0.3 is 5.97 Å². The van der Waals surface area contributed by atoms with Crippen molar-refractivity contribution in [1.29, 1.82) is 0 Å². The molecule has 1 aromatic carbocycles. The summed E-state index contributed by atoms with van der Waals surface area (Å²) in [6, 6.07) is 13.4. The number of pyridine rings is 1. The van der Waals surface area contributed by atoms with Gasteiger partial charge < -0.3 is 9.64 Å². The van der Waals surface area contributed by atoms with E-state index in [-0.39, 0.29) is 5.91 Å². The van der Waals surface area contributed by atoms with Crippen molar-refractivity contribution in [2.45, 2.75) is 26.2 Å². The van der Waals surface area contributed by atoms with Crippen LogP contribution in [0.25, 0.3) is 0 Å². The molecule has 0 saturated carbocycles. The normalized spacial score (nSPS) is 16.8. The maximum atomic E-state index is 12.6. The number of halogens is 1. The van der Waals surface area contributed by atoms with Crippen molar-refractivity contribution >= 4 is 33.5 Å². The number of amides is 1. The molecule has 2 aromatic rings. The summed E-state index contributed by atoms with van der Waals surface area (Å²) in [7, 11) is 0. The Morgan fingerprint density at radius 1 is 1.27 bits per heavy atom. The van der Waals surface area contributed by atoms with Crippen molar-refractivity contribution in [3.8, 4) is 0 Å². The first-order chi connectivity index (χ1) is 12.6. The van der Waals surface area contributed by atoms with Crippen LogP contribution in [-0.4, -0.2) is 30.0 Å². The standard InChI is InChI=1S/C20H21BrN2O3/c1-14-6-4-7-15(22-14)8-5-13-26-20(25)16-11-12-23(19(16)24)18-10-3-2-9-17(18)21/h2-4,6-7,9-10,16H,5,8,11-13H2,1H3. The number of rotatable bonds is 6. The summed E-state index contributed by atoms with van der Waals surface area (Å²) in [5.41, 5.74) is 2.75. The Morgan fingerprint density at radius 2 is 2.08 bits per heavy atom. The van der Waals surface area contributed by atoms with E-state index in [0.717, 1.165) is 28.0 Å². The molecule has 2 heterocycles. The number of carbonyl (C=O) groups is 2. The first-order valence-corrected chi connectivity index (χ1v) is 9.50. The van der Waals surface area contributed by atoms with Crippen LogP contribution in [0.2, 0.25) is 0 Å². The molecule has 6 heteroatoms. The Hall–Kier alpha value is -2.21. The molecule has 0 aliphatic carbocycles. The van der Waals surface area contributed by atoms with Gasteiger partial charge in [-0.15, -0.1) is 0 Å². The lowest BCUT2D eigenvalue weighted by Crippen LogP contribution is -2.31. The molecule has 1 amide bonds. The topological polar surface area (TPSA) is 59.5 Å². The number of para-hydroxylation sites is 1. The summed E-state index contributed by atoms with van der Waals surface area (Å²) in [5, 5.41) is 0. The fraction of sp³-hybridized carbons (Fsp3) is 0.350. The van der Waals surface area contributed by atoms with E-state index < -0.39 is 11.9 Å². The number of nitrogens with zero attached hydrogens (tertiary/aromatic N) is 2. The average Bonchev–Trinajstić information content (AvgIpc) is 3.00. The zero-order valence-electron chi connectivity index (χ0n) is 14.7. The predicted octanol–water partition coefficient (Wildman–Crippen LogP) is 3.68. The van der Waals surface area contributed by atoms with Crippen LogP contribution >= 0.6 is 15.9 Å². The zero-order valence-corrected chi connectivity index (χ0v) is 16.2. The molecule has 136 valence electrons. The van der Waals surface area contributed by atoms with Crippen LogP contribution < -0.4 is 4.90 Å². The maximum absolute atomic E-state index is 12.6. The molecule has 0 spiro atoms. The fourth-order valence-corrected chi connectivity index (χ4v) is 3.57. The van der Waals surface area contributed by atoms with Gasteiger partial charge in [0.2, 0.25) is 5.91 Å². The van der Waals surface area contributed by atoms with Gasteiger partial charge in [-0.25, -0.2) is 0 Å². The second-order valence-electron chi connectivity index (χ2n) is 6.32. The largest absolute Gasteiger partial charge is 0.465 e. The van der Waals surface area contributed by atoms with Crippen molar-refractivity contribution in [2.75, 3.05) is 18.1 Å². The van der Waals surface area contributed by atoms with Crippen LogP contribution in [0.15, 0.2) is 46.9 Å². The van der Waals surface area contributed by atoms with Crippen molar-refractivity contribution in [3.63, 3.8) is 0 Å². The van der Waals surface area contributed by atoms with Gasteiger partial charge in [0, 0.05) is 22.4 Å². The van der Waals surface area contributed by atoms with Gasteiger partial charge in [-0.2, -0.15) is 0 Å². The van der Waals surface area contributed by atoms with E-state index >= 15 is 0 Å². The van der Waals surface area contributed by atoms with Gasteiger partial charge in [0.1, 0.15) is 5.92 Å². The molecule has 0 radical (unpaired) electrons. The van der Waals surface area contributed by atoms with E-state index in [4.69, 9.17) is 4.74 Å². The quantitative estimate of drug-likeness (QED) is 0.409. The molecule has 5 nitrogen and oxygen atoms in total. The minimum atomic E-state index is -0.709. The summed E-state index contributed by atoms with van der Waals surface area (Å²) >= 11 is 3.45. The Morgan fingerprint density at radius 3 is 2.85 bits per heavy atom. The van der Waals surface area contributed by atoms with Crippen molar-refractivity contribution in [2.24, 2.45) is 5.92 Å². The number of hydrogen-bond acceptors (Lipinski definition) is 4. The van der Waals surface area contributed by atoms with Gasteiger partial charge in [-0.3, -0.25) is 14.6 Å². The number of hydrogen-bond donors (Lipinski definition) is 0. The number of benzene rings is 1. The van der Waals surface area contributed by atoms with E-state index in [1.807, 2.05) is 49.4 Å². The van der Waals surface area contributed by atoms with E-state index in [2.05, 4.69) is 20.9 Å². The second kappa shape index (κ2) is 8.45. The first-order valence-electron chi connectivity index (χ1n) is 8.71. The van der Waals surface area contributed by atoms with Gasteiger partial charge in [0.15, 0.2) is 0 Å². The monoisotopic (exact) mass is 416 g/mol. The minimum absolute atomic E-state index is 0.192. The lowest BCUT2D eigenvalue weighted by Gasteiger charge is -2.18. The summed E-state index contributed by atoms with van der Waals surface area (Å²) in [4.78, 5) is 30.9. The minimum Gasteiger partial charge on any atom is -0.465 e. The summed E-state index contributed by atoms with van der Waals surface area (Å²) in [5.74, 6) is -1.33. The number of aromatic nitrogens is 1. The van der Waals surface area contributed by atoms with Gasteiger partial charge in [-0.05, 0) is 66.4 Å². The first kappa shape index (κ1) is 18.6. The third-order valence-electron chi connectivity index (χ3n) is 4.40. The lowest BCUT2D eigenvalue weighted by molar-refractivity contribution is -0.150. The highest BCUT2D eigenvalue weighted by Crippen LogP contribution is 2.31. The zero-order chi connectivity index (χ0) is 18.5. The molecule has 3 rings (SSSR count). The SMILES string of the molecule is Cc1cccc(CCCOC(=O)C2CCN(c3ccccc3Br)C2=O)n1. The molecule has 26 heavy (non-hydrogen) atoms. The molecular formula is C20H21BrN2O3. The molecule has 1 aromatic heterocycles. The molecule has 1 fully saturated rings. The summed E-state index contributed by atoms with van der Waals surface area (Å²) < 4.78 is 6.18.